The van der Waals surface area contributed by atoms with Gasteiger partial charge in [-0.25, -0.2) is 8.78 Å². The third kappa shape index (κ3) is 3.09. The van der Waals surface area contributed by atoms with Crippen LogP contribution in [0.1, 0.15) is 10.4 Å². The van der Waals surface area contributed by atoms with Crippen LogP contribution < -0.4 is 14.2 Å². The predicted octanol–water partition coefficient (Wildman–Crippen LogP) is 2.84. The number of benzene rings is 2. The van der Waals surface area contributed by atoms with Gasteiger partial charge in [0.25, 0.3) is 5.91 Å². The first-order valence-electron chi connectivity index (χ1n) is 7.87. The summed E-state index contributed by atoms with van der Waals surface area (Å²) in [5.41, 5.74) is 0.147. The van der Waals surface area contributed by atoms with Crippen molar-refractivity contribution in [2.45, 2.75) is 0 Å². The summed E-state index contributed by atoms with van der Waals surface area (Å²) in [4.78, 5) is 13.8. The number of hydrogen-bond acceptors (Lipinski definition) is 4. The van der Waals surface area contributed by atoms with Gasteiger partial charge in [-0.15, -0.1) is 0 Å². The van der Waals surface area contributed by atoms with Gasteiger partial charge in [-0.2, -0.15) is 0 Å². The van der Waals surface area contributed by atoms with Crippen molar-refractivity contribution in [3.63, 3.8) is 0 Å². The number of hydrogen-bond donors (Lipinski definition) is 0. The van der Waals surface area contributed by atoms with Gasteiger partial charge < -0.3 is 19.1 Å². The van der Waals surface area contributed by atoms with Crippen molar-refractivity contribution in [1.29, 1.82) is 0 Å². The van der Waals surface area contributed by atoms with Gasteiger partial charge in [0, 0.05) is 30.6 Å². The lowest BCUT2D eigenvalue weighted by Crippen LogP contribution is -2.52. The fraction of sp³-hybridized carbons (Fsp3) is 0.278. The lowest BCUT2D eigenvalue weighted by molar-refractivity contribution is 0.0392. The van der Waals surface area contributed by atoms with Gasteiger partial charge in [0.15, 0.2) is 23.1 Å². The zero-order chi connectivity index (χ0) is 17.4. The molecule has 2 aromatic rings. The molecule has 0 unspecified atom stereocenters. The second-order valence-corrected chi connectivity index (χ2v) is 6.03. The Morgan fingerprint density at radius 3 is 2.68 bits per heavy atom. The van der Waals surface area contributed by atoms with Crippen molar-refractivity contribution in [1.82, 2.24) is 4.90 Å². The molecular weight excluding hydrogens is 332 g/mol. The molecule has 0 atom stereocenters. The van der Waals surface area contributed by atoms with Crippen LogP contribution >= 0.6 is 0 Å². The fourth-order valence-electron chi connectivity index (χ4n) is 2.83. The van der Waals surface area contributed by atoms with E-state index in [-0.39, 0.29) is 24.2 Å². The molecule has 4 rings (SSSR count). The molecule has 130 valence electrons. The van der Waals surface area contributed by atoms with Crippen LogP contribution in [-0.2, 0) is 0 Å². The quantitative estimate of drug-likeness (QED) is 0.853. The molecule has 0 aromatic heterocycles. The normalized spacial score (nSPS) is 15.8. The molecule has 5 nitrogen and oxygen atoms in total. The van der Waals surface area contributed by atoms with E-state index in [0.29, 0.717) is 36.9 Å². The lowest BCUT2D eigenvalue weighted by atomic mass is 10.00. The number of ether oxygens (including phenoxy) is 3. The minimum atomic E-state index is -1.02. The van der Waals surface area contributed by atoms with Crippen LogP contribution in [0.5, 0.6) is 17.2 Å². The number of halogens is 2. The second kappa shape index (κ2) is 6.23. The van der Waals surface area contributed by atoms with Crippen molar-refractivity contribution in [2.24, 2.45) is 5.92 Å². The number of fused-ring (bicyclic) bond motifs is 1. The van der Waals surface area contributed by atoms with Crippen LogP contribution in [0.2, 0.25) is 0 Å². The first kappa shape index (κ1) is 15.7. The number of carbonyl (C=O) groups excluding carboxylic acids is 1. The Balaban J connectivity index is 1.29. The summed E-state index contributed by atoms with van der Waals surface area (Å²) in [5, 5.41) is 0. The molecule has 0 bridgehead atoms. The number of nitrogens with zero attached hydrogens (tertiary/aromatic N) is 1. The molecule has 2 heterocycles. The van der Waals surface area contributed by atoms with Crippen molar-refractivity contribution >= 4 is 5.91 Å². The summed E-state index contributed by atoms with van der Waals surface area (Å²) in [7, 11) is 0. The summed E-state index contributed by atoms with van der Waals surface area (Å²) < 4.78 is 42.4. The average Bonchev–Trinajstić information content (AvgIpc) is 3.03. The van der Waals surface area contributed by atoms with Crippen molar-refractivity contribution in [3.8, 4) is 17.2 Å². The third-order valence-electron chi connectivity index (χ3n) is 4.24. The SMILES string of the molecule is O=C(c1ccc(F)c(F)c1)N1CC(COc2ccc3c(c2)OCO3)C1. The minimum Gasteiger partial charge on any atom is -0.493 e. The van der Waals surface area contributed by atoms with Gasteiger partial charge >= 0.3 is 0 Å². The van der Waals surface area contributed by atoms with E-state index < -0.39 is 11.6 Å². The molecule has 2 aromatic carbocycles. The van der Waals surface area contributed by atoms with Crippen LogP contribution in [0.4, 0.5) is 8.78 Å². The Kier molecular flexibility index (Phi) is 3.91. The second-order valence-electron chi connectivity index (χ2n) is 6.03. The van der Waals surface area contributed by atoms with Crippen LogP contribution in [-0.4, -0.2) is 37.3 Å². The highest BCUT2D eigenvalue weighted by atomic mass is 19.2. The van der Waals surface area contributed by atoms with Gasteiger partial charge in [0.2, 0.25) is 6.79 Å². The van der Waals surface area contributed by atoms with Crippen LogP contribution in [0.25, 0.3) is 0 Å². The fourth-order valence-corrected chi connectivity index (χ4v) is 2.83. The van der Waals surface area contributed by atoms with Gasteiger partial charge in [0.1, 0.15) is 5.75 Å². The smallest absolute Gasteiger partial charge is 0.253 e. The average molecular weight is 347 g/mol. The number of rotatable bonds is 4. The van der Waals surface area contributed by atoms with E-state index in [1.807, 2.05) is 0 Å². The van der Waals surface area contributed by atoms with Gasteiger partial charge in [-0.05, 0) is 30.3 Å². The molecule has 2 aliphatic rings. The molecule has 1 saturated heterocycles. The predicted molar refractivity (Wildman–Crippen MR) is 83.8 cm³/mol. The number of carbonyl (C=O) groups is 1. The monoisotopic (exact) mass is 347 g/mol. The topological polar surface area (TPSA) is 48.0 Å². The Bertz CT molecular complexity index is 821. The molecule has 7 heteroatoms. The summed E-state index contributed by atoms with van der Waals surface area (Å²) >= 11 is 0. The Labute approximate surface area is 142 Å². The van der Waals surface area contributed by atoms with E-state index in [9.17, 15) is 13.6 Å². The molecule has 0 aliphatic carbocycles. The van der Waals surface area contributed by atoms with Crippen LogP contribution in [0, 0.1) is 17.6 Å². The Morgan fingerprint density at radius 2 is 1.88 bits per heavy atom. The zero-order valence-corrected chi connectivity index (χ0v) is 13.2. The molecular formula is C18H15F2NO4. The van der Waals surface area contributed by atoms with Crippen molar-refractivity contribution in [3.05, 3.63) is 53.6 Å². The largest absolute Gasteiger partial charge is 0.493 e. The summed E-state index contributed by atoms with van der Waals surface area (Å²) in [6.45, 7) is 1.70. The molecule has 2 aliphatic heterocycles. The first-order valence-corrected chi connectivity index (χ1v) is 7.87. The molecule has 1 amide bonds. The molecule has 0 N–H and O–H groups in total. The van der Waals surface area contributed by atoms with Crippen molar-refractivity contribution < 1.29 is 27.8 Å². The number of amides is 1. The minimum absolute atomic E-state index is 0.147. The molecule has 0 saturated carbocycles. The Morgan fingerprint density at radius 1 is 1.08 bits per heavy atom. The molecule has 0 spiro atoms. The van der Waals surface area contributed by atoms with E-state index in [2.05, 4.69) is 0 Å². The van der Waals surface area contributed by atoms with Gasteiger partial charge in [-0.3, -0.25) is 4.79 Å². The highest BCUT2D eigenvalue weighted by molar-refractivity contribution is 5.94. The summed E-state index contributed by atoms with van der Waals surface area (Å²) in [6, 6.07) is 8.53. The maximum atomic E-state index is 13.2. The number of likely N-dealkylation sites (tertiary alicyclic amines) is 1. The Hall–Kier alpha value is -2.83. The molecule has 0 radical (unpaired) electrons. The zero-order valence-electron chi connectivity index (χ0n) is 13.2. The van der Waals surface area contributed by atoms with E-state index in [4.69, 9.17) is 14.2 Å². The van der Waals surface area contributed by atoms with Gasteiger partial charge in [0.05, 0.1) is 6.61 Å². The van der Waals surface area contributed by atoms with Crippen LogP contribution in [0.15, 0.2) is 36.4 Å². The first-order chi connectivity index (χ1) is 12.1. The molecule has 25 heavy (non-hydrogen) atoms. The summed E-state index contributed by atoms with van der Waals surface area (Å²) in [6.07, 6.45) is 0. The third-order valence-corrected chi connectivity index (χ3v) is 4.24. The van der Waals surface area contributed by atoms with Crippen LogP contribution in [0.3, 0.4) is 0 Å². The van der Waals surface area contributed by atoms with Gasteiger partial charge in [-0.1, -0.05) is 0 Å². The van der Waals surface area contributed by atoms with E-state index in [1.54, 1.807) is 23.1 Å². The maximum Gasteiger partial charge on any atom is 0.253 e. The lowest BCUT2D eigenvalue weighted by Gasteiger charge is -2.39. The van der Waals surface area contributed by atoms with E-state index >= 15 is 0 Å². The van der Waals surface area contributed by atoms with Crippen molar-refractivity contribution in [2.75, 3.05) is 26.5 Å². The standard InChI is InChI=1S/C18H15F2NO4/c19-14-3-1-12(5-15(14)20)18(22)21-7-11(8-21)9-23-13-2-4-16-17(6-13)25-10-24-16/h1-6,11H,7-10H2. The highest BCUT2D eigenvalue weighted by Gasteiger charge is 2.32. The highest BCUT2D eigenvalue weighted by Crippen LogP contribution is 2.35. The molecule has 1 fully saturated rings. The van der Waals surface area contributed by atoms with E-state index in [0.717, 1.165) is 12.1 Å². The van der Waals surface area contributed by atoms with E-state index in [1.165, 1.54) is 6.07 Å². The summed E-state index contributed by atoms with van der Waals surface area (Å²) in [5.74, 6) is -0.0719. The maximum absolute atomic E-state index is 13.2.